The first-order chi connectivity index (χ1) is 12.1. The van der Waals surface area contributed by atoms with Crippen molar-refractivity contribution in [2.75, 3.05) is 32.2 Å². The number of hydrogen-bond donors (Lipinski definition) is 0. The van der Waals surface area contributed by atoms with Crippen LogP contribution >= 0.6 is 0 Å². The molecule has 0 saturated carbocycles. The molecular formula is C16H27N3O5S2. The molecule has 2 aliphatic rings. The van der Waals surface area contributed by atoms with E-state index in [4.69, 9.17) is 4.18 Å². The normalized spacial score (nSPS) is 27.1. The Labute approximate surface area is 155 Å². The van der Waals surface area contributed by atoms with Crippen molar-refractivity contribution < 1.29 is 21.0 Å². The number of aromatic nitrogens is 2. The summed E-state index contributed by atoms with van der Waals surface area (Å²) < 4.78 is 52.8. The van der Waals surface area contributed by atoms with Gasteiger partial charge in [0.05, 0.1) is 31.0 Å². The molecule has 0 bridgehead atoms. The van der Waals surface area contributed by atoms with Crippen LogP contribution in [0.15, 0.2) is 6.20 Å². The van der Waals surface area contributed by atoms with Gasteiger partial charge in [0.2, 0.25) is 0 Å². The molecule has 0 radical (unpaired) electrons. The summed E-state index contributed by atoms with van der Waals surface area (Å²) in [5.74, 6) is 0.391. The van der Waals surface area contributed by atoms with Crippen molar-refractivity contribution in [2.24, 2.45) is 11.8 Å². The van der Waals surface area contributed by atoms with Crippen molar-refractivity contribution in [3.63, 3.8) is 0 Å². The third kappa shape index (κ3) is 4.29. The van der Waals surface area contributed by atoms with Gasteiger partial charge in [-0.25, -0.2) is 8.42 Å². The number of nitrogens with zero attached hydrogens (tertiary/aromatic N) is 3. The molecule has 1 unspecified atom stereocenters. The van der Waals surface area contributed by atoms with Crippen molar-refractivity contribution in [1.82, 2.24) is 14.1 Å². The summed E-state index contributed by atoms with van der Waals surface area (Å²) in [6.07, 6.45) is 7.18. The first kappa shape index (κ1) is 19.8. The van der Waals surface area contributed by atoms with Crippen LogP contribution in [0, 0.1) is 11.8 Å². The smallest absolute Gasteiger partial charge is 0.264 e. The van der Waals surface area contributed by atoms with E-state index in [1.807, 2.05) is 0 Å². The first-order valence-electron chi connectivity index (χ1n) is 8.93. The number of hydrogen-bond acceptors (Lipinski definition) is 7. The predicted octanol–water partition coefficient (Wildman–Crippen LogP) is 0.482. The maximum absolute atomic E-state index is 12.0. The molecule has 1 aliphatic heterocycles. The Bertz CT molecular complexity index is 862. The van der Waals surface area contributed by atoms with Crippen molar-refractivity contribution >= 4 is 20.1 Å². The summed E-state index contributed by atoms with van der Waals surface area (Å²) in [6, 6.07) is 0.342. The highest BCUT2D eigenvalue weighted by molar-refractivity contribution is 7.89. The number of likely N-dealkylation sites (tertiary alicyclic amines) is 1. The fourth-order valence-electron chi connectivity index (χ4n) is 4.35. The minimum Gasteiger partial charge on any atom is -0.299 e. The number of piperidine rings is 1. The van der Waals surface area contributed by atoms with Gasteiger partial charge in [0.15, 0.2) is 0 Å². The van der Waals surface area contributed by atoms with Gasteiger partial charge in [0.25, 0.3) is 20.1 Å². The van der Waals surface area contributed by atoms with E-state index in [0.29, 0.717) is 12.5 Å². The van der Waals surface area contributed by atoms with Gasteiger partial charge in [0, 0.05) is 12.6 Å². The molecule has 2 heterocycles. The molecule has 1 aliphatic carbocycles. The summed E-state index contributed by atoms with van der Waals surface area (Å²) in [4.78, 5) is 2.41. The first-order valence-corrected chi connectivity index (χ1v) is 12.6. The Morgan fingerprint density at radius 1 is 1.23 bits per heavy atom. The lowest BCUT2D eigenvalue weighted by atomic mass is 9.74. The maximum Gasteiger partial charge on any atom is 0.264 e. The molecule has 1 saturated heterocycles. The fraction of sp³-hybridized carbons (Fsp3) is 0.812. The average molecular weight is 406 g/mol. The van der Waals surface area contributed by atoms with Crippen molar-refractivity contribution in [2.45, 2.75) is 38.6 Å². The van der Waals surface area contributed by atoms with Gasteiger partial charge in [-0.05, 0) is 49.6 Å². The fourth-order valence-corrected chi connectivity index (χ4v) is 5.60. The minimum atomic E-state index is -3.46. The summed E-state index contributed by atoms with van der Waals surface area (Å²) in [5, 5.41) is 4.09. The van der Waals surface area contributed by atoms with E-state index in [-0.39, 0.29) is 18.4 Å². The van der Waals surface area contributed by atoms with Gasteiger partial charge in [-0.3, -0.25) is 9.08 Å². The van der Waals surface area contributed by atoms with Crippen LogP contribution in [-0.4, -0.2) is 69.2 Å². The van der Waals surface area contributed by atoms with Crippen molar-refractivity contribution in [1.29, 1.82) is 0 Å². The Morgan fingerprint density at radius 3 is 2.58 bits per heavy atom. The molecule has 3 atom stereocenters. The van der Waals surface area contributed by atoms with E-state index in [1.165, 1.54) is 6.26 Å². The molecule has 3 rings (SSSR count). The van der Waals surface area contributed by atoms with Crippen molar-refractivity contribution in [3.05, 3.63) is 17.5 Å². The molecule has 0 aromatic carbocycles. The molecule has 1 fully saturated rings. The van der Waals surface area contributed by atoms with Gasteiger partial charge in [-0.1, -0.05) is 6.92 Å². The van der Waals surface area contributed by atoms with Gasteiger partial charge in [-0.15, -0.1) is 0 Å². The third-order valence-corrected chi connectivity index (χ3v) is 6.80. The lowest BCUT2D eigenvalue weighted by Gasteiger charge is -2.46. The second-order valence-corrected chi connectivity index (χ2v) is 11.0. The average Bonchev–Trinajstić information content (AvgIpc) is 2.93. The van der Waals surface area contributed by atoms with Gasteiger partial charge >= 0.3 is 0 Å². The van der Waals surface area contributed by atoms with Gasteiger partial charge in [0.1, 0.15) is 0 Å². The van der Waals surface area contributed by atoms with Crippen LogP contribution in [0.4, 0.5) is 0 Å². The zero-order valence-electron chi connectivity index (χ0n) is 15.5. The van der Waals surface area contributed by atoms with Crippen LogP contribution in [0.2, 0.25) is 0 Å². The van der Waals surface area contributed by atoms with Gasteiger partial charge < -0.3 is 0 Å². The highest BCUT2D eigenvalue weighted by Gasteiger charge is 2.41. The Kier molecular flexibility index (Phi) is 5.49. The lowest BCUT2D eigenvalue weighted by molar-refractivity contribution is 0.0322. The van der Waals surface area contributed by atoms with E-state index in [1.54, 1.807) is 6.20 Å². The van der Waals surface area contributed by atoms with Crippen LogP contribution in [0.5, 0.6) is 0 Å². The summed E-state index contributed by atoms with van der Waals surface area (Å²) in [7, 11) is -6.88. The van der Waals surface area contributed by atoms with Crippen molar-refractivity contribution in [3.8, 4) is 0 Å². The highest BCUT2D eigenvalue weighted by atomic mass is 32.2. The maximum atomic E-state index is 12.0. The van der Waals surface area contributed by atoms with E-state index in [9.17, 15) is 16.8 Å². The standard InChI is InChI=1S/C16H27N3O5S2/c1-4-5-18-10-12(11-24-26(3,22)23)6-13-7-16-14(8-15(13)18)9-17-19(16)25(2,20)21/h9,12-13,15H,4-8,10-11H2,1-3H3/t12-,13-,15?/m1/s1. The molecule has 26 heavy (non-hydrogen) atoms. The molecule has 0 spiro atoms. The van der Waals surface area contributed by atoms with Crippen LogP contribution in [0.3, 0.4) is 0 Å². The van der Waals surface area contributed by atoms with Crippen LogP contribution in [-0.2, 0) is 37.2 Å². The Morgan fingerprint density at radius 2 is 1.96 bits per heavy atom. The Balaban J connectivity index is 1.83. The van der Waals surface area contributed by atoms with Gasteiger partial charge in [-0.2, -0.15) is 17.6 Å². The summed E-state index contributed by atoms with van der Waals surface area (Å²) in [5.41, 5.74) is 1.78. The molecule has 148 valence electrons. The second-order valence-electron chi connectivity index (χ2n) is 7.54. The van der Waals surface area contributed by atoms with E-state index >= 15 is 0 Å². The quantitative estimate of drug-likeness (QED) is 0.635. The lowest BCUT2D eigenvalue weighted by Crippen LogP contribution is -2.53. The van der Waals surface area contributed by atoms with E-state index in [2.05, 4.69) is 16.9 Å². The molecule has 0 amide bonds. The monoisotopic (exact) mass is 405 g/mol. The number of fused-ring (bicyclic) bond motifs is 2. The van der Waals surface area contributed by atoms with E-state index < -0.39 is 20.1 Å². The minimum absolute atomic E-state index is 0.119. The van der Waals surface area contributed by atoms with Crippen LogP contribution in [0.25, 0.3) is 0 Å². The second kappa shape index (κ2) is 7.21. The predicted molar refractivity (Wildman–Crippen MR) is 97.9 cm³/mol. The molecule has 1 aromatic heterocycles. The third-order valence-electron chi connectivity index (χ3n) is 5.29. The summed E-state index contributed by atoms with van der Waals surface area (Å²) >= 11 is 0. The van der Waals surface area contributed by atoms with E-state index in [0.717, 1.165) is 54.0 Å². The molecule has 8 nitrogen and oxygen atoms in total. The zero-order valence-corrected chi connectivity index (χ0v) is 17.1. The Hall–Kier alpha value is -0.970. The molecule has 1 aromatic rings. The molecular weight excluding hydrogens is 378 g/mol. The van der Waals surface area contributed by atoms with Crippen LogP contribution in [0.1, 0.15) is 31.0 Å². The molecule has 0 N–H and O–H groups in total. The van der Waals surface area contributed by atoms with Crippen LogP contribution < -0.4 is 0 Å². The largest absolute Gasteiger partial charge is 0.299 e. The molecule has 10 heteroatoms. The zero-order chi connectivity index (χ0) is 19.1. The highest BCUT2D eigenvalue weighted by Crippen LogP contribution is 2.37. The number of rotatable bonds is 6. The topological polar surface area (TPSA) is 98.6 Å². The SMILES string of the molecule is CCCN1C[C@H](COS(C)(=O)=O)C[C@@H]2Cc3c(cnn3S(C)(=O)=O)CC21. The summed E-state index contributed by atoms with van der Waals surface area (Å²) in [6.45, 7) is 4.05.